The number of Topliss-reactive ketones (excluding diaryl/α,β-unsaturated/α-hetero) is 1. The van der Waals surface area contributed by atoms with Gasteiger partial charge in [-0.15, -0.1) is 0 Å². The number of ether oxygens (including phenoxy) is 2. The highest BCUT2D eigenvalue weighted by molar-refractivity contribution is 5.96. The summed E-state index contributed by atoms with van der Waals surface area (Å²) in [6.07, 6.45) is 1.98. The number of benzene rings is 3. The van der Waals surface area contributed by atoms with Gasteiger partial charge in [0.05, 0.1) is 17.2 Å². The highest BCUT2D eigenvalue weighted by Gasteiger charge is 2.45. The van der Waals surface area contributed by atoms with E-state index >= 15 is 0 Å². The first-order chi connectivity index (χ1) is 23.6. The minimum Gasteiger partial charge on any atom is -0.490 e. The number of nitriles is 1. The first-order valence-electron chi connectivity index (χ1n) is 17.4. The van der Waals surface area contributed by atoms with Crippen LogP contribution in [0.15, 0.2) is 66.7 Å². The molecular formula is C39H40F3N3O4. The molecular weight excluding hydrogens is 631 g/mol. The van der Waals surface area contributed by atoms with Gasteiger partial charge in [0.1, 0.15) is 17.6 Å². The molecule has 10 heteroatoms. The molecule has 4 atom stereocenters. The monoisotopic (exact) mass is 671 g/mol. The minimum atomic E-state index is -4.35. The molecule has 3 aromatic rings. The molecule has 0 spiro atoms. The van der Waals surface area contributed by atoms with Crippen LogP contribution in [-0.4, -0.2) is 54.5 Å². The Hall–Kier alpha value is -4.52. The fourth-order valence-corrected chi connectivity index (χ4v) is 8.09. The number of halogens is 3. The molecule has 0 radical (unpaired) electrons. The molecule has 2 bridgehead atoms. The molecule has 7 nitrogen and oxygen atoms in total. The van der Waals surface area contributed by atoms with E-state index in [0.29, 0.717) is 55.1 Å². The largest absolute Gasteiger partial charge is 0.490 e. The Morgan fingerprint density at radius 2 is 1.69 bits per heavy atom. The lowest BCUT2D eigenvalue weighted by molar-refractivity contribution is -0.140. The number of hydrogen-bond acceptors (Lipinski definition) is 6. The van der Waals surface area contributed by atoms with E-state index in [1.165, 1.54) is 12.1 Å². The third-order valence-corrected chi connectivity index (χ3v) is 10.9. The zero-order valence-corrected chi connectivity index (χ0v) is 27.3. The van der Waals surface area contributed by atoms with Crippen molar-refractivity contribution < 1.29 is 32.2 Å². The average Bonchev–Trinajstić information content (AvgIpc) is 3.31. The molecule has 7 rings (SSSR count). The van der Waals surface area contributed by atoms with E-state index in [1.54, 1.807) is 24.3 Å². The summed E-state index contributed by atoms with van der Waals surface area (Å²) in [4.78, 5) is 31.1. The fraction of sp³-hybridized carbons (Fsp3) is 0.462. The smallest absolute Gasteiger partial charge is 0.416 e. The molecule has 3 heterocycles. The first kappa shape index (κ1) is 33.0. The number of piperidine rings is 1. The van der Waals surface area contributed by atoms with Crippen LogP contribution >= 0.6 is 0 Å². The summed E-state index contributed by atoms with van der Waals surface area (Å²) in [6.45, 7) is 2.00. The Labute approximate surface area is 284 Å². The topological polar surface area (TPSA) is 82.9 Å². The Morgan fingerprint density at radius 1 is 0.939 bits per heavy atom. The number of nitrogens with zero attached hydrogens (tertiary/aromatic N) is 3. The van der Waals surface area contributed by atoms with Crippen molar-refractivity contribution in [2.75, 3.05) is 24.5 Å². The quantitative estimate of drug-likeness (QED) is 0.241. The number of anilines is 1. The number of hydrogen-bond donors (Lipinski definition) is 0. The molecule has 1 amide bonds. The molecule has 1 saturated carbocycles. The fourth-order valence-electron chi connectivity index (χ4n) is 8.09. The Balaban J connectivity index is 0.937. The molecule has 3 aliphatic heterocycles. The van der Waals surface area contributed by atoms with E-state index in [2.05, 4.69) is 11.0 Å². The molecule has 49 heavy (non-hydrogen) atoms. The number of fused-ring (bicyclic) bond motifs is 3. The van der Waals surface area contributed by atoms with Gasteiger partial charge >= 0.3 is 6.18 Å². The van der Waals surface area contributed by atoms with Crippen LogP contribution in [0.4, 0.5) is 18.9 Å². The van der Waals surface area contributed by atoms with Crippen LogP contribution in [0.5, 0.6) is 11.5 Å². The van der Waals surface area contributed by atoms with Gasteiger partial charge in [0.25, 0.3) is 5.91 Å². The number of aryl methyl sites for hydroxylation is 1. The second-order valence-corrected chi connectivity index (χ2v) is 13.9. The summed E-state index contributed by atoms with van der Waals surface area (Å²) in [7, 11) is 0. The van der Waals surface area contributed by atoms with Gasteiger partial charge in [0.15, 0.2) is 11.9 Å². The van der Waals surface area contributed by atoms with Gasteiger partial charge in [0.2, 0.25) is 0 Å². The number of likely N-dealkylation sites (tertiary alicyclic amines) is 1. The summed E-state index contributed by atoms with van der Waals surface area (Å²) in [6, 6.07) is 20.3. The van der Waals surface area contributed by atoms with Crippen LogP contribution in [-0.2, 0) is 17.4 Å². The number of alkyl halides is 3. The number of carbonyl (C=O) groups is 2. The van der Waals surface area contributed by atoms with Gasteiger partial charge < -0.3 is 19.3 Å². The maximum atomic E-state index is 13.9. The van der Waals surface area contributed by atoms with Crippen molar-refractivity contribution in [2.24, 2.45) is 11.8 Å². The Kier molecular flexibility index (Phi) is 9.27. The van der Waals surface area contributed by atoms with Crippen LogP contribution in [0.2, 0.25) is 0 Å². The molecule has 256 valence electrons. The molecule has 0 N–H and O–H groups in total. The van der Waals surface area contributed by atoms with Gasteiger partial charge in [-0.3, -0.25) is 9.59 Å². The maximum Gasteiger partial charge on any atom is 0.416 e. The lowest BCUT2D eigenvalue weighted by Crippen LogP contribution is -2.44. The van der Waals surface area contributed by atoms with Gasteiger partial charge in [-0.25, -0.2) is 0 Å². The molecule has 4 unspecified atom stereocenters. The predicted molar refractivity (Wildman–Crippen MR) is 178 cm³/mol. The summed E-state index contributed by atoms with van der Waals surface area (Å²) in [5.74, 6) is 2.00. The van der Waals surface area contributed by atoms with Crippen LogP contribution in [0, 0.1) is 23.2 Å². The minimum absolute atomic E-state index is 0.0291. The van der Waals surface area contributed by atoms with E-state index in [0.717, 1.165) is 68.3 Å². The summed E-state index contributed by atoms with van der Waals surface area (Å²) < 4.78 is 51.7. The zero-order chi connectivity index (χ0) is 34.1. The van der Waals surface area contributed by atoms with Crippen molar-refractivity contribution in [3.05, 3.63) is 89.0 Å². The molecule has 2 saturated heterocycles. The van der Waals surface area contributed by atoms with Crippen LogP contribution < -0.4 is 14.4 Å². The van der Waals surface area contributed by atoms with Crippen LogP contribution in [0.3, 0.4) is 0 Å². The molecule has 4 aliphatic rings. The number of ketones is 1. The molecule has 3 fully saturated rings. The van der Waals surface area contributed by atoms with Crippen molar-refractivity contribution in [1.82, 2.24) is 4.90 Å². The van der Waals surface area contributed by atoms with Gasteiger partial charge in [-0.2, -0.15) is 18.4 Å². The van der Waals surface area contributed by atoms with E-state index < -0.39 is 17.8 Å². The van der Waals surface area contributed by atoms with E-state index in [4.69, 9.17) is 14.7 Å². The van der Waals surface area contributed by atoms with Crippen LogP contribution in [0.25, 0.3) is 0 Å². The maximum absolute atomic E-state index is 13.9. The number of carbonyl (C=O) groups excluding carboxylic acids is 2. The third kappa shape index (κ3) is 7.26. The highest BCUT2D eigenvalue weighted by Crippen LogP contribution is 2.43. The standard InChI is InChI=1S/C39H40F3N3O4/c40-39(41,42)30-10-13-31(14-11-30)44-18-16-33(17-19-44)48-34-15-9-27-2-1-3-36(49-37(27)22-34)38(47)45-24-29-20-32(45)12-8-28(29)21-35(46)26-6-4-25(23-43)5-7-26/h4-7,9-11,13-15,22,28-29,32-33,36H,1-3,8,12,16-21,24H2. The van der Waals surface area contributed by atoms with E-state index in [9.17, 15) is 22.8 Å². The normalized spacial score (nSPS) is 24.0. The average molecular weight is 672 g/mol. The molecule has 3 aromatic carbocycles. The van der Waals surface area contributed by atoms with Crippen molar-refractivity contribution in [3.63, 3.8) is 0 Å². The first-order valence-corrected chi connectivity index (χ1v) is 17.4. The van der Waals surface area contributed by atoms with Gasteiger partial charge in [0, 0.05) is 62.3 Å². The summed E-state index contributed by atoms with van der Waals surface area (Å²) in [5, 5.41) is 9.05. The number of rotatable bonds is 7. The SMILES string of the molecule is N#Cc1ccc(C(=O)CC2CCC3CC2CN3C(=O)C2CCCc3ccc(OC4CCN(c5ccc(C(F)(F)F)cc5)CC4)cc3O2)cc1. The van der Waals surface area contributed by atoms with E-state index in [-0.39, 0.29) is 35.7 Å². The third-order valence-electron chi connectivity index (χ3n) is 10.9. The van der Waals surface area contributed by atoms with Gasteiger partial charge in [-0.1, -0.05) is 18.2 Å². The van der Waals surface area contributed by atoms with Crippen LogP contribution in [0.1, 0.15) is 78.4 Å². The lowest BCUT2D eigenvalue weighted by Gasteiger charge is -2.34. The van der Waals surface area contributed by atoms with Crippen molar-refractivity contribution >= 4 is 17.4 Å². The Morgan fingerprint density at radius 3 is 2.41 bits per heavy atom. The van der Waals surface area contributed by atoms with Crippen molar-refractivity contribution in [1.29, 1.82) is 5.26 Å². The second kappa shape index (κ2) is 13.8. The molecule has 1 aliphatic carbocycles. The van der Waals surface area contributed by atoms with Crippen molar-refractivity contribution in [2.45, 2.75) is 82.2 Å². The summed E-state index contributed by atoms with van der Waals surface area (Å²) >= 11 is 0. The predicted octanol–water partition coefficient (Wildman–Crippen LogP) is 7.61. The number of amides is 1. The second-order valence-electron chi connectivity index (χ2n) is 13.9. The Bertz CT molecular complexity index is 1710. The highest BCUT2D eigenvalue weighted by atomic mass is 19.4. The zero-order valence-electron chi connectivity index (χ0n) is 27.3. The van der Waals surface area contributed by atoms with Crippen molar-refractivity contribution in [3.8, 4) is 17.6 Å². The lowest BCUT2D eigenvalue weighted by atomic mass is 9.77. The van der Waals surface area contributed by atoms with Gasteiger partial charge in [-0.05, 0) is 98.4 Å². The summed E-state index contributed by atoms with van der Waals surface area (Å²) in [5.41, 5.74) is 2.35. The van der Waals surface area contributed by atoms with E-state index in [1.807, 2.05) is 23.1 Å². The molecule has 0 aromatic heterocycles.